The molecule has 1 nitrogen and oxygen atoms in total. The number of fused-ring (bicyclic) bond motifs is 2. The van der Waals surface area contributed by atoms with Crippen molar-refractivity contribution in [2.75, 3.05) is 0 Å². The molecule has 0 unspecified atom stereocenters. The van der Waals surface area contributed by atoms with Crippen LogP contribution in [0.5, 0.6) is 0 Å². The van der Waals surface area contributed by atoms with Gasteiger partial charge in [0.1, 0.15) is 0 Å². The summed E-state index contributed by atoms with van der Waals surface area (Å²) < 4.78 is 1.10. The van der Waals surface area contributed by atoms with E-state index in [2.05, 4.69) is 22.0 Å². The highest BCUT2D eigenvalue weighted by molar-refractivity contribution is 9.11. The number of halogens is 1. The van der Waals surface area contributed by atoms with Gasteiger partial charge in [0, 0.05) is 12.0 Å². The minimum Gasteiger partial charge on any atom is -0.289 e. The average Bonchev–Trinajstić information content (AvgIpc) is 2.36. The van der Waals surface area contributed by atoms with Gasteiger partial charge in [0.05, 0.1) is 0 Å². The van der Waals surface area contributed by atoms with E-state index in [-0.39, 0.29) is 5.78 Å². The van der Waals surface area contributed by atoms with Crippen molar-refractivity contribution in [3.05, 3.63) is 68.6 Å². The number of carbonyl (C=O) groups is 1. The molecule has 0 bridgehead atoms. The van der Waals surface area contributed by atoms with Crippen LogP contribution in [0.25, 0.3) is 12.2 Å². The van der Waals surface area contributed by atoms with Crippen LogP contribution < -0.4 is 10.4 Å². The molecule has 1 aromatic carbocycles. The molecule has 0 radical (unpaired) electrons. The van der Waals surface area contributed by atoms with Crippen molar-refractivity contribution >= 4 is 33.9 Å². The molecule has 0 N–H and O–H groups in total. The highest BCUT2D eigenvalue weighted by Crippen LogP contribution is 2.28. The molecule has 2 aliphatic carbocycles. The Morgan fingerprint density at radius 1 is 0.944 bits per heavy atom. The third kappa shape index (κ3) is 2.04. The summed E-state index contributed by atoms with van der Waals surface area (Å²) in [6.07, 6.45) is 10.5. The normalized spacial score (nSPS) is 24.5. The topological polar surface area (TPSA) is 17.1 Å². The highest BCUT2D eigenvalue weighted by atomic mass is 79.9. The number of carbonyl (C=O) groups excluding carboxylic acids is 1. The van der Waals surface area contributed by atoms with E-state index in [4.69, 9.17) is 0 Å². The van der Waals surface area contributed by atoms with Gasteiger partial charge in [0.15, 0.2) is 5.78 Å². The molecule has 0 saturated heterocycles. The molecule has 0 aliphatic heterocycles. The van der Waals surface area contributed by atoms with E-state index in [0.29, 0.717) is 0 Å². The fourth-order valence-electron chi connectivity index (χ4n) is 2.21. The van der Waals surface area contributed by atoms with E-state index in [0.717, 1.165) is 32.5 Å². The molecular formula is C16H11BrO. The lowest BCUT2D eigenvalue weighted by Crippen LogP contribution is -2.26. The van der Waals surface area contributed by atoms with Gasteiger partial charge in [-0.2, -0.15) is 0 Å². The number of hydrogen-bond acceptors (Lipinski definition) is 1. The maximum absolute atomic E-state index is 12.2. The summed E-state index contributed by atoms with van der Waals surface area (Å²) in [5.74, 6) is 0.0815. The summed E-state index contributed by atoms with van der Waals surface area (Å²) in [5.41, 5.74) is 1.86. The molecule has 3 rings (SSSR count). The zero-order valence-corrected chi connectivity index (χ0v) is 11.3. The summed E-state index contributed by atoms with van der Waals surface area (Å²) in [6.45, 7) is 0. The van der Waals surface area contributed by atoms with Gasteiger partial charge in [-0.1, -0.05) is 58.4 Å². The van der Waals surface area contributed by atoms with E-state index in [9.17, 15) is 4.79 Å². The number of Topliss-reactive ketones (excluding diaryl/α,β-unsaturated/α-hetero) is 1. The molecule has 88 valence electrons. The van der Waals surface area contributed by atoms with E-state index in [1.807, 2.05) is 42.5 Å². The first kappa shape index (κ1) is 11.4. The number of rotatable bonds is 0. The van der Waals surface area contributed by atoms with Crippen LogP contribution >= 0.6 is 15.9 Å². The van der Waals surface area contributed by atoms with Gasteiger partial charge in [-0.3, -0.25) is 4.79 Å². The van der Waals surface area contributed by atoms with Crippen LogP contribution in [0.3, 0.4) is 0 Å². The second-order valence-corrected chi connectivity index (χ2v) is 5.39. The van der Waals surface area contributed by atoms with Gasteiger partial charge in [-0.25, -0.2) is 0 Å². The third-order valence-corrected chi connectivity index (χ3v) is 3.69. The Hall–Kier alpha value is -1.67. The van der Waals surface area contributed by atoms with Gasteiger partial charge in [-0.15, -0.1) is 0 Å². The number of ketones is 1. The molecule has 0 amide bonds. The van der Waals surface area contributed by atoms with Crippen molar-refractivity contribution in [2.45, 2.75) is 6.42 Å². The van der Waals surface area contributed by atoms with Gasteiger partial charge in [0.2, 0.25) is 0 Å². The number of hydrogen-bond donors (Lipinski definition) is 0. The molecule has 0 fully saturated rings. The van der Waals surface area contributed by atoms with Crippen LogP contribution in [0.15, 0.2) is 58.1 Å². The van der Waals surface area contributed by atoms with Crippen LogP contribution in [0.2, 0.25) is 0 Å². The largest absolute Gasteiger partial charge is 0.289 e. The second-order valence-electron chi connectivity index (χ2n) is 4.37. The fourth-order valence-corrected chi connectivity index (χ4v) is 2.64. The lowest BCUT2D eigenvalue weighted by molar-refractivity contribution is -0.109. The van der Waals surface area contributed by atoms with E-state index >= 15 is 0 Å². The van der Waals surface area contributed by atoms with E-state index in [1.54, 1.807) is 6.08 Å². The van der Waals surface area contributed by atoms with E-state index in [1.165, 1.54) is 0 Å². The molecule has 1 aromatic rings. The number of benzene rings is 1. The Morgan fingerprint density at radius 3 is 2.56 bits per heavy atom. The second kappa shape index (κ2) is 4.54. The van der Waals surface area contributed by atoms with Crippen LogP contribution in [-0.2, 0) is 4.79 Å². The summed E-state index contributed by atoms with van der Waals surface area (Å²) in [5, 5.41) is 2.07. The predicted molar refractivity (Wildman–Crippen MR) is 77.4 cm³/mol. The molecular weight excluding hydrogens is 288 g/mol. The lowest BCUT2D eigenvalue weighted by atomic mass is 9.92. The first-order valence-corrected chi connectivity index (χ1v) is 6.62. The zero-order valence-electron chi connectivity index (χ0n) is 9.69. The molecule has 2 heteroatoms. The van der Waals surface area contributed by atoms with E-state index < -0.39 is 0 Å². The van der Waals surface area contributed by atoms with Gasteiger partial charge < -0.3 is 0 Å². The minimum atomic E-state index is 0.0815. The zero-order chi connectivity index (χ0) is 12.5. The number of allylic oxidation sites excluding steroid dienone is 6. The van der Waals surface area contributed by atoms with Crippen LogP contribution in [0, 0.1) is 0 Å². The van der Waals surface area contributed by atoms with Gasteiger partial charge in [-0.05, 0) is 32.6 Å². The molecule has 0 atom stereocenters. The van der Waals surface area contributed by atoms with Gasteiger partial charge >= 0.3 is 0 Å². The summed E-state index contributed by atoms with van der Waals surface area (Å²) in [7, 11) is 0. The highest BCUT2D eigenvalue weighted by Gasteiger charge is 2.16. The molecule has 0 aromatic heterocycles. The third-order valence-electron chi connectivity index (χ3n) is 3.15. The standard InChI is InChI=1S/C16H11BrO/c17-14-7-8-15-13(9-14)6-5-11-3-1-2-4-12(11)10-16(15)18/h1-8,10H,9H2/b11-5-,12-10-,13-6-. The molecule has 2 aliphatic rings. The molecule has 0 heterocycles. The first-order valence-electron chi connectivity index (χ1n) is 5.83. The smallest absolute Gasteiger partial charge is 0.186 e. The van der Waals surface area contributed by atoms with Crippen molar-refractivity contribution in [1.82, 2.24) is 0 Å². The van der Waals surface area contributed by atoms with Crippen molar-refractivity contribution < 1.29 is 4.79 Å². The summed E-state index contributed by atoms with van der Waals surface area (Å²) >= 11 is 3.49. The van der Waals surface area contributed by atoms with Gasteiger partial charge in [0.25, 0.3) is 0 Å². The Bertz CT molecular complexity index is 733. The quantitative estimate of drug-likeness (QED) is 0.719. The maximum Gasteiger partial charge on any atom is 0.186 e. The summed E-state index contributed by atoms with van der Waals surface area (Å²) in [6, 6.07) is 7.94. The van der Waals surface area contributed by atoms with Crippen LogP contribution in [0.4, 0.5) is 0 Å². The Balaban J connectivity index is 2.27. The average molecular weight is 299 g/mol. The van der Waals surface area contributed by atoms with Crippen molar-refractivity contribution in [3.8, 4) is 0 Å². The summed E-state index contributed by atoms with van der Waals surface area (Å²) in [4.78, 5) is 12.2. The molecule has 18 heavy (non-hydrogen) atoms. The lowest BCUT2D eigenvalue weighted by Gasteiger charge is -2.14. The predicted octanol–water partition coefficient (Wildman–Crippen LogP) is 2.37. The Kier molecular flexibility index (Phi) is 2.88. The Labute approximate surface area is 114 Å². The van der Waals surface area contributed by atoms with Crippen molar-refractivity contribution in [2.24, 2.45) is 0 Å². The minimum absolute atomic E-state index is 0.0815. The monoisotopic (exact) mass is 298 g/mol. The maximum atomic E-state index is 12.2. The van der Waals surface area contributed by atoms with Crippen LogP contribution in [0.1, 0.15) is 6.42 Å². The SMILES string of the molecule is O=C1/C=c2/cccc/c2=C/C=C2/CC(Br)=CC=C12. The van der Waals surface area contributed by atoms with Crippen LogP contribution in [-0.4, -0.2) is 5.78 Å². The fraction of sp³-hybridized carbons (Fsp3) is 0.0625. The van der Waals surface area contributed by atoms with Crippen molar-refractivity contribution in [1.29, 1.82) is 0 Å². The van der Waals surface area contributed by atoms with Crippen molar-refractivity contribution in [3.63, 3.8) is 0 Å². The molecule has 0 saturated carbocycles. The molecule has 0 spiro atoms. The first-order chi connectivity index (χ1) is 8.74. The Morgan fingerprint density at radius 2 is 1.72 bits per heavy atom.